The van der Waals surface area contributed by atoms with Crippen LogP contribution in [0.5, 0.6) is 6.01 Å². The minimum Gasteiger partial charge on any atom is -0.463 e. The first-order valence-electron chi connectivity index (χ1n) is 7.01. The van der Waals surface area contributed by atoms with Crippen molar-refractivity contribution in [2.24, 2.45) is 5.84 Å². The lowest BCUT2D eigenvalue weighted by molar-refractivity contribution is 0.122. The zero-order valence-electron chi connectivity index (χ0n) is 11.8. The van der Waals surface area contributed by atoms with Crippen molar-refractivity contribution in [3.63, 3.8) is 0 Å². The van der Waals surface area contributed by atoms with Crippen LogP contribution in [-0.2, 0) is 4.74 Å². The quantitative estimate of drug-likeness (QED) is 0.425. The zero-order valence-corrected chi connectivity index (χ0v) is 11.8. The largest absolute Gasteiger partial charge is 0.463 e. The van der Waals surface area contributed by atoms with Crippen molar-refractivity contribution in [1.29, 1.82) is 0 Å². The molecule has 1 saturated heterocycles. The van der Waals surface area contributed by atoms with Crippen LogP contribution < -0.4 is 20.9 Å². The molecule has 0 saturated carbocycles. The SMILES string of the molecule is CCCCCOc1nc(NN)nc(N2CCOCC2)n1. The number of morpholine rings is 1. The first kappa shape index (κ1) is 14.7. The normalized spacial score (nSPS) is 15.2. The zero-order chi connectivity index (χ0) is 14.2. The average Bonchev–Trinajstić information content (AvgIpc) is 2.52. The lowest BCUT2D eigenvalue weighted by Crippen LogP contribution is -2.37. The Hall–Kier alpha value is -1.67. The van der Waals surface area contributed by atoms with E-state index in [1.165, 1.54) is 0 Å². The summed E-state index contributed by atoms with van der Waals surface area (Å²) in [5.74, 6) is 6.28. The molecular formula is C12H22N6O2. The monoisotopic (exact) mass is 282 g/mol. The number of nitrogens with two attached hydrogens (primary N) is 1. The van der Waals surface area contributed by atoms with Crippen LogP contribution >= 0.6 is 0 Å². The molecule has 0 spiro atoms. The molecular weight excluding hydrogens is 260 g/mol. The van der Waals surface area contributed by atoms with E-state index in [4.69, 9.17) is 15.3 Å². The maximum atomic E-state index is 5.57. The van der Waals surface area contributed by atoms with Gasteiger partial charge in [-0.25, -0.2) is 5.84 Å². The van der Waals surface area contributed by atoms with Gasteiger partial charge in [-0.05, 0) is 6.42 Å². The summed E-state index contributed by atoms with van der Waals surface area (Å²) >= 11 is 0. The maximum absolute atomic E-state index is 5.57. The molecule has 0 radical (unpaired) electrons. The maximum Gasteiger partial charge on any atom is 0.323 e. The Morgan fingerprint density at radius 2 is 2.05 bits per heavy atom. The third-order valence-electron chi connectivity index (χ3n) is 3.01. The van der Waals surface area contributed by atoms with Crippen LogP contribution in [0.3, 0.4) is 0 Å². The van der Waals surface area contributed by atoms with Gasteiger partial charge in [0.1, 0.15) is 0 Å². The predicted octanol–water partition coefficient (Wildman–Crippen LogP) is 0.563. The third-order valence-corrected chi connectivity index (χ3v) is 3.01. The minimum atomic E-state index is 0.311. The van der Waals surface area contributed by atoms with Gasteiger partial charge in [-0.2, -0.15) is 15.0 Å². The average molecular weight is 282 g/mol. The van der Waals surface area contributed by atoms with Gasteiger partial charge in [0.15, 0.2) is 0 Å². The van der Waals surface area contributed by atoms with E-state index in [-0.39, 0.29) is 0 Å². The molecule has 0 unspecified atom stereocenters. The molecule has 1 aliphatic heterocycles. The van der Waals surface area contributed by atoms with Gasteiger partial charge in [-0.15, -0.1) is 0 Å². The lowest BCUT2D eigenvalue weighted by Gasteiger charge is -2.26. The summed E-state index contributed by atoms with van der Waals surface area (Å²) in [6.45, 7) is 5.60. The molecule has 2 rings (SSSR count). The second kappa shape index (κ2) is 7.81. The summed E-state index contributed by atoms with van der Waals surface area (Å²) < 4.78 is 10.9. The van der Waals surface area contributed by atoms with Gasteiger partial charge in [0.05, 0.1) is 19.8 Å². The molecule has 112 valence electrons. The van der Waals surface area contributed by atoms with E-state index in [0.29, 0.717) is 37.7 Å². The summed E-state index contributed by atoms with van der Waals surface area (Å²) in [5, 5.41) is 0. The fourth-order valence-electron chi connectivity index (χ4n) is 1.90. The number of ether oxygens (including phenoxy) is 2. The van der Waals surface area contributed by atoms with E-state index >= 15 is 0 Å². The molecule has 1 aromatic heterocycles. The molecule has 1 fully saturated rings. The number of aromatic nitrogens is 3. The van der Waals surface area contributed by atoms with Gasteiger partial charge < -0.3 is 14.4 Å². The fourth-order valence-corrected chi connectivity index (χ4v) is 1.90. The minimum absolute atomic E-state index is 0.311. The Bertz CT molecular complexity index is 411. The van der Waals surface area contributed by atoms with E-state index in [0.717, 1.165) is 32.4 Å². The molecule has 0 amide bonds. The number of nitrogens with zero attached hydrogens (tertiary/aromatic N) is 4. The van der Waals surface area contributed by atoms with Crippen molar-refractivity contribution in [2.45, 2.75) is 26.2 Å². The summed E-state index contributed by atoms with van der Waals surface area (Å²) in [4.78, 5) is 14.7. The van der Waals surface area contributed by atoms with Crippen LogP contribution in [0.15, 0.2) is 0 Å². The Balaban J connectivity index is 2.03. The number of nitrogens with one attached hydrogen (secondary N) is 1. The number of hydrazine groups is 1. The van der Waals surface area contributed by atoms with E-state index in [1.807, 2.05) is 4.90 Å². The molecule has 3 N–H and O–H groups in total. The van der Waals surface area contributed by atoms with Crippen LogP contribution in [0.25, 0.3) is 0 Å². The van der Waals surface area contributed by atoms with Crippen LogP contribution in [-0.4, -0.2) is 47.9 Å². The van der Waals surface area contributed by atoms with Gasteiger partial charge >= 0.3 is 6.01 Å². The number of anilines is 2. The molecule has 1 aromatic rings. The van der Waals surface area contributed by atoms with Gasteiger partial charge in [0.2, 0.25) is 11.9 Å². The predicted molar refractivity (Wildman–Crippen MR) is 75.7 cm³/mol. The Morgan fingerprint density at radius 1 is 1.25 bits per heavy atom. The molecule has 2 heterocycles. The summed E-state index contributed by atoms with van der Waals surface area (Å²) in [7, 11) is 0. The van der Waals surface area contributed by atoms with Crippen molar-refractivity contribution < 1.29 is 9.47 Å². The highest BCUT2D eigenvalue weighted by molar-refractivity contribution is 5.37. The van der Waals surface area contributed by atoms with Crippen molar-refractivity contribution in [3.05, 3.63) is 0 Å². The van der Waals surface area contributed by atoms with Crippen molar-refractivity contribution in [1.82, 2.24) is 15.0 Å². The number of hydrogen-bond donors (Lipinski definition) is 2. The van der Waals surface area contributed by atoms with Gasteiger partial charge in [-0.3, -0.25) is 5.43 Å². The highest BCUT2D eigenvalue weighted by atomic mass is 16.5. The van der Waals surface area contributed by atoms with E-state index < -0.39 is 0 Å². The smallest absolute Gasteiger partial charge is 0.323 e. The summed E-state index contributed by atoms with van der Waals surface area (Å²) in [5.41, 5.74) is 2.45. The first-order chi connectivity index (χ1) is 9.83. The van der Waals surface area contributed by atoms with Gasteiger partial charge in [0, 0.05) is 13.1 Å². The second-order valence-electron chi connectivity index (χ2n) is 4.54. The second-order valence-corrected chi connectivity index (χ2v) is 4.54. The molecule has 8 nitrogen and oxygen atoms in total. The molecule has 0 aromatic carbocycles. The number of rotatable bonds is 7. The van der Waals surface area contributed by atoms with Gasteiger partial charge in [-0.1, -0.05) is 19.8 Å². The topological polar surface area (TPSA) is 98.4 Å². The Morgan fingerprint density at radius 3 is 2.75 bits per heavy atom. The molecule has 0 aliphatic carbocycles. The standard InChI is InChI=1S/C12H22N6O2/c1-2-3-4-7-20-12-15-10(17-13)14-11(16-12)18-5-8-19-9-6-18/h2-9,13H2,1H3,(H,14,15,16,17). The van der Waals surface area contributed by atoms with E-state index in [2.05, 4.69) is 27.3 Å². The molecule has 0 atom stereocenters. The highest BCUT2D eigenvalue weighted by Crippen LogP contribution is 2.16. The Kier molecular flexibility index (Phi) is 5.75. The number of nitrogen functional groups attached to an aromatic ring is 1. The third kappa shape index (κ3) is 4.17. The lowest BCUT2D eigenvalue weighted by atomic mass is 10.3. The van der Waals surface area contributed by atoms with Crippen molar-refractivity contribution >= 4 is 11.9 Å². The highest BCUT2D eigenvalue weighted by Gasteiger charge is 2.16. The van der Waals surface area contributed by atoms with Crippen molar-refractivity contribution in [3.8, 4) is 6.01 Å². The van der Waals surface area contributed by atoms with Crippen molar-refractivity contribution in [2.75, 3.05) is 43.2 Å². The van der Waals surface area contributed by atoms with Crippen LogP contribution in [0.1, 0.15) is 26.2 Å². The number of hydrogen-bond acceptors (Lipinski definition) is 8. The molecule has 8 heteroatoms. The Labute approximate surface area is 118 Å². The van der Waals surface area contributed by atoms with Crippen LogP contribution in [0.2, 0.25) is 0 Å². The molecule has 0 bridgehead atoms. The van der Waals surface area contributed by atoms with Crippen LogP contribution in [0.4, 0.5) is 11.9 Å². The summed E-state index contributed by atoms with van der Waals surface area (Å²) in [6, 6.07) is 0.311. The number of unbranched alkanes of at least 4 members (excludes halogenated alkanes) is 2. The summed E-state index contributed by atoms with van der Waals surface area (Å²) in [6.07, 6.45) is 3.26. The molecule has 1 aliphatic rings. The van der Waals surface area contributed by atoms with E-state index in [1.54, 1.807) is 0 Å². The molecule has 20 heavy (non-hydrogen) atoms. The van der Waals surface area contributed by atoms with Gasteiger partial charge in [0.25, 0.3) is 0 Å². The fraction of sp³-hybridized carbons (Fsp3) is 0.750. The first-order valence-corrected chi connectivity index (χ1v) is 7.01. The van der Waals surface area contributed by atoms with Crippen LogP contribution in [0, 0.1) is 0 Å². The van der Waals surface area contributed by atoms with E-state index in [9.17, 15) is 0 Å².